The molecule has 2 aliphatic rings. The van der Waals surface area contributed by atoms with Crippen molar-refractivity contribution in [2.75, 3.05) is 19.6 Å². The topological polar surface area (TPSA) is 49.9 Å². The lowest BCUT2D eigenvalue weighted by molar-refractivity contribution is -0.143. The molecule has 0 unspecified atom stereocenters. The average molecular weight is 344 g/mol. The van der Waals surface area contributed by atoms with Gasteiger partial charge in [0.05, 0.1) is 6.54 Å². The molecule has 0 aromatic heterocycles. The zero-order chi connectivity index (χ0) is 17.8. The van der Waals surface area contributed by atoms with Gasteiger partial charge in [0.1, 0.15) is 17.9 Å². The van der Waals surface area contributed by atoms with E-state index in [0.717, 1.165) is 31.7 Å². The summed E-state index contributed by atoms with van der Waals surface area (Å²) in [5, 5.41) is 0. The Labute approximate surface area is 149 Å². The molecule has 2 amide bonds. The van der Waals surface area contributed by atoms with Crippen LogP contribution in [0.3, 0.4) is 0 Å². The van der Waals surface area contributed by atoms with E-state index in [9.17, 15) is 9.59 Å². The number of benzene rings is 1. The monoisotopic (exact) mass is 344 g/mol. The van der Waals surface area contributed by atoms with E-state index in [1.165, 1.54) is 0 Å². The van der Waals surface area contributed by atoms with E-state index in [4.69, 9.17) is 4.74 Å². The van der Waals surface area contributed by atoms with Gasteiger partial charge in [0, 0.05) is 25.9 Å². The molecule has 25 heavy (non-hydrogen) atoms. The first-order chi connectivity index (χ1) is 12.0. The molecule has 2 fully saturated rings. The van der Waals surface area contributed by atoms with E-state index < -0.39 is 0 Å². The number of ether oxygens (including phenoxy) is 1. The fraction of sp³-hybridized carbons (Fsp3) is 0.600. The highest BCUT2D eigenvalue weighted by Gasteiger charge is 2.42. The third-order valence-electron chi connectivity index (χ3n) is 4.91. The highest BCUT2D eigenvalue weighted by Crippen LogP contribution is 2.27. The predicted molar refractivity (Wildman–Crippen MR) is 96.2 cm³/mol. The summed E-state index contributed by atoms with van der Waals surface area (Å²) in [6, 6.07) is 9.25. The Bertz CT molecular complexity index is 596. The summed E-state index contributed by atoms with van der Waals surface area (Å²) in [5.41, 5.74) is 0. The van der Waals surface area contributed by atoms with Gasteiger partial charge in [-0.2, -0.15) is 0 Å². The fourth-order valence-electron chi connectivity index (χ4n) is 3.70. The van der Waals surface area contributed by atoms with Crippen LogP contribution in [0, 0.1) is 5.92 Å². The maximum atomic E-state index is 12.9. The summed E-state index contributed by atoms with van der Waals surface area (Å²) in [4.78, 5) is 29.3. The third-order valence-corrected chi connectivity index (χ3v) is 4.91. The van der Waals surface area contributed by atoms with E-state index in [0.29, 0.717) is 19.4 Å². The van der Waals surface area contributed by atoms with Crippen LogP contribution in [-0.4, -0.2) is 53.4 Å². The minimum absolute atomic E-state index is 0.0618. The van der Waals surface area contributed by atoms with Crippen LogP contribution in [0.25, 0.3) is 0 Å². The number of carbonyl (C=O) groups excluding carboxylic acids is 2. The summed E-state index contributed by atoms with van der Waals surface area (Å²) >= 11 is 0. The Morgan fingerprint density at radius 3 is 2.48 bits per heavy atom. The molecule has 0 saturated carbocycles. The van der Waals surface area contributed by atoms with Gasteiger partial charge >= 0.3 is 0 Å². The van der Waals surface area contributed by atoms with Gasteiger partial charge in [0.15, 0.2) is 0 Å². The molecule has 2 saturated heterocycles. The number of nitrogens with zero attached hydrogens (tertiary/aromatic N) is 2. The summed E-state index contributed by atoms with van der Waals surface area (Å²) < 4.78 is 6.04. The smallest absolute Gasteiger partial charge is 0.245 e. The predicted octanol–water partition coefficient (Wildman–Crippen LogP) is 2.70. The molecule has 0 bridgehead atoms. The Balaban J connectivity index is 1.72. The SMILES string of the molecule is CC(C)CC(=O)N1C[C@@H](Oc2ccccc2)C[C@H]1C(=O)N1CCCC1. The fourth-order valence-corrected chi connectivity index (χ4v) is 3.70. The number of amides is 2. The summed E-state index contributed by atoms with van der Waals surface area (Å²) in [6.07, 6.45) is 3.04. The van der Waals surface area contributed by atoms with Crippen LogP contribution in [0.4, 0.5) is 0 Å². The van der Waals surface area contributed by atoms with Gasteiger partial charge in [-0.25, -0.2) is 0 Å². The Hall–Kier alpha value is -2.04. The Kier molecular flexibility index (Phi) is 5.61. The van der Waals surface area contributed by atoms with E-state index >= 15 is 0 Å². The van der Waals surface area contributed by atoms with Crippen LogP contribution in [0.2, 0.25) is 0 Å². The van der Waals surface area contributed by atoms with Gasteiger partial charge in [-0.1, -0.05) is 32.0 Å². The minimum Gasteiger partial charge on any atom is -0.488 e. The van der Waals surface area contributed by atoms with Crippen LogP contribution >= 0.6 is 0 Å². The lowest BCUT2D eigenvalue weighted by Gasteiger charge is -2.27. The normalized spacial score (nSPS) is 23.3. The number of hydrogen-bond acceptors (Lipinski definition) is 3. The number of hydrogen-bond donors (Lipinski definition) is 0. The van der Waals surface area contributed by atoms with E-state index in [1.54, 1.807) is 4.90 Å². The molecular weight excluding hydrogens is 316 g/mol. The minimum atomic E-state index is -0.377. The second-order valence-corrected chi connectivity index (χ2v) is 7.48. The van der Waals surface area contributed by atoms with Gasteiger partial charge in [-0.05, 0) is 30.9 Å². The van der Waals surface area contributed by atoms with Gasteiger partial charge in [0.25, 0.3) is 0 Å². The van der Waals surface area contributed by atoms with Crippen molar-refractivity contribution in [1.29, 1.82) is 0 Å². The Morgan fingerprint density at radius 1 is 1.16 bits per heavy atom. The number of likely N-dealkylation sites (tertiary alicyclic amines) is 2. The van der Waals surface area contributed by atoms with Crippen LogP contribution in [-0.2, 0) is 9.59 Å². The molecule has 0 N–H and O–H groups in total. The lowest BCUT2D eigenvalue weighted by Crippen LogP contribution is -2.47. The Morgan fingerprint density at radius 2 is 1.84 bits per heavy atom. The molecule has 136 valence electrons. The average Bonchev–Trinajstić information content (AvgIpc) is 3.24. The molecule has 2 heterocycles. The van der Waals surface area contributed by atoms with E-state index in [-0.39, 0.29) is 29.9 Å². The second kappa shape index (κ2) is 7.89. The van der Waals surface area contributed by atoms with Crippen LogP contribution < -0.4 is 4.74 Å². The molecular formula is C20H28N2O3. The van der Waals surface area contributed by atoms with Crippen molar-refractivity contribution in [2.24, 2.45) is 5.92 Å². The molecule has 1 aromatic rings. The van der Waals surface area contributed by atoms with Crippen molar-refractivity contribution in [2.45, 2.75) is 51.7 Å². The van der Waals surface area contributed by atoms with Gasteiger partial charge in [0.2, 0.25) is 11.8 Å². The van der Waals surface area contributed by atoms with E-state index in [2.05, 4.69) is 0 Å². The van der Waals surface area contributed by atoms with Crippen LogP contribution in [0.15, 0.2) is 30.3 Å². The first-order valence-corrected chi connectivity index (χ1v) is 9.34. The first-order valence-electron chi connectivity index (χ1n) is 9.34. The molecule has 1 aromatic carbocycles. The zero-order valence-corrected chi connectivity index (χ0v) is 15.2. The lowest BCUT2D eigenvalue weighted by atomic mass is 10.1. The highest BCUT2D eigenvalue weighted by atomic mass is 16.5. The maximum absolute atomic E-state index is 12.9. The van der Waals surface area contributed by atoms with Gasteiger partial charge < -0.3 is 14.5 Å². The standard InChI is InChI=1S/C20H28N2O3/c1-15(2)12-19(23)22-14-17(25-16-8-4-3-5-9-16)13-18(22)20(24)21-10-6-7-11-21/h3-5,8-9,15,17-18H,6-7,10-14H2,1-2H3/t17-,18-/m0/s1. The van der Waals surface area contributed by atoms with E-state index in [1.807, 2.05) is 49.1 Å². The van der Waals surface area contributed by atoms with Gasteiger partial charge in [-0.15, -0.1) is 0 Å². The van der Waals surface area contributed by atoms with Crippen LogP contribution in [0.1, 0.15) is 39.5 Å². The molecule has 5 nitrogen and oxygen atoms in total. The molecule has 5 heteroatoms. The maximum Gasteiger partial charge on any atom is 0.245 e. The molecule has 0 radical (unpaired) electrons. The van der Waals surface area contributed by atoms with Crippen molar-refractivity contribution in [3.05, 3.63) is 30.3 Å². The second-order valence-electron chi connectivity index (χ2n) is 7.48. The highest BCUT2D eigenvalue weighted by molar-refractivity contribution is 5.88. The molecule has 0 aliphatic carbocycles. The largest absolute Gasteiger partial charge is 0.488 e. The molecule has 2 aliphatic heterocycles. The molecule has 2 atom stereocenters. The van der Waals surface area contributed by atoms with Crippen molar-refractivity contribution in [1.82, 2.24) is 9.80 Å². The zero-order valence-electron chi connectivity index (χ0n) is 15.2. The molecule has 0 spiro atoms. The van der Waals surface area contributed by atoms with Gasteiger partial charge in [-0.3, -0.25) is 9.59 Å². The summed E-state index contributed by atoms with van der Waals surface area (Å²) in [6.45, 7) is 6.18. The third kappa shape index (κ3) is 4.33. The van der Waals surface area contributed by atoms with Crippen molar-refractivity contribution >= 4 is 11.8 Å². The van der Waals surface area contributed by atoms with Crippen LogP contribution in [0.5, 0.6) is 5.75 Å². The number of rotatable bonds is 5. The number of para-hydroxylation sites is 1. The first kappa shape index (κ1) is 17.8. The molecule has 3 rings (SSSR count). The number of carbonyl (C=O) groups is 2. The van der Waals surface area contributed by atoms with Crippen molar-refractivity contribution in [3.8, 4) is 5.75 Å². The quantitative estimate of drug-likeness (QED) is 0.825. The van der Waals surface area contributed by atoms with Crippen molar-refractivity contribution < 1.29 is 14.3 Å². The summed E-state index contributed by atoms with van der Waals surface area (Å²) in [5.74, 6) is 1.22. The van der Waals surface area contributed by atoms with Crippen molar-refractivity contribution in [3.63, 3.8) is 0 Å². The summed E-state index contributed by atoms with van der Waals surface area (Å²) in [7, 11) is 0.